The van der Waals surface area contributed by atoms with Gasteiger partial charge in [-0.25, -0.2) is 0 Å². The molecule has 3 fully saturated rings. The molecule has 3 nitrogen and oxygen atoms in total. The lowest BCUT2D eigenvalue weighted by Gasteiger charge is -2.57. The standard InChI is InChI=1S/C21H29NO2/c1-13(22-24)17-6-7-18-16-5-4-14-12-15(23)8-10-20(14,2)19(16)9-11-21(17,18)3/h8,10,12,16-19,24H,4-7,9,11H2,1-3H3/t16-,17+,18-,19-,20-,21+/m0/s1. The molecule has 0 saturated heterocycles. The fourth-order valence-corrected chi connectivity index (χ4v) is 6.95. The predicted octanol–water partition coefficient (Wildman–Crippen LogP) is 4.76. The van der Waals surface area contributed by atoms with E-state index in [1.165, 1.54) is 31.3 Å². The first-order chi connectivity index (χ1) is 11.4. The van der Waals surface area contributed by atoms with Gasteiger partial charge in [-0.3, -0.25) is 4.79 Å². The number of allylic oxidation sites excluding steroid dienone is 4. The van der Waals surface area contributed by atoms with Crippen LogP contribution in [0.5, 0.6) is 0 Å². The Morgan fingerprint density at radius 3 is 2.75 bits per heavy atom. The first-order valence-electron chi connectivity index (χ1n) is 9.53. The molecule has 1 N–H and O–H groups in total. The molecule has 4 aliphatic rings. The third-order valence-corrected chi connectivity index (χ3v) is 8.22. The van der Waals surface area contributed by atoms with E-state index in [9.17, 15) is 10.0 Å². The Morgan fingerprint density at radius 1 is 1.21 bits per heavy atom. The lowest BCUT2D eigenvalue weighted by Crippen LogP contribution is -2.50. The molecule has 6 atom stereocenters. The van der Waals surface area contributed by atoms with E-state index in [1.54, 1.807) is 6.08 Å². The summed E-state index contributed by atoms with van der Waals surface area (Å²) in [6.45, 7) is 6.78. The maximum Gasteiger partial charge on any atom is 0.178 e. The van der Waals surface area contributed by atoms with Crippen molar-refractivity contribution in [3.05, 3.63) is 23.8 Å². The zero-order chi connectivity index (χ0) is 17.1. The van der Waals surface area contributed by atoms with Crippen LogP contribution in [0.25, 0.3) is 0 Å². The van der Waals surface area contributed by atoms with Gasteiger partial charge >= 0.3 is 0 Å². The molecule has 130 valence electrons. The van der Waals surface area contributed by atoms with Crippen molar-refractivity contribution in [2.45, 2.75) is 59.3 Å². The number of hydrogen-bond acceptors (Lipinski definition) is 3. The second-order valence-electron chi connectivity index (χ2n) is 9.02. The minimum atomic E-state index is 0.0797. The van der Waals surface area contributed by atoms with E-state index in [1.807, 2.05) is 13.0 Å². The number of rotatable bonds is 1. The Kier molecular flexibility index (Phi) is 3.56. The van der Waals surface area contributed by atoms with Gasteiger partial charge in [-0.15, -0.1) is 0 Å². The predicted molar refractivity (Wildman–Crippen MR) is 95.0 cm³/mol. The van der Waals surface area contributed by atoms with Crippen LogP contribution in [0.4, 0.5) is 0 Å². The minimum absolute atomic E-state index is 0.0797. The zero-order valence-electron chi connectivity index (χ0n) is 15.1. The summed E-state index contributed by atoms with van der Waals surface area (Å²) in [5.41, 5.74) is 2.64. The maximum absolute atomic E-state index is 11.8. The molecule has 0 unspecified atom stereocenters. The molecule has 0 radical (unpaired) electrons. The van der Waals surface area contributed by atoms with Crippen LogP contribution in [0.15, 0.2) is 29.0 Å². The Balaban J connectivity index is 1.67. The van der Waals surface area contributed by atoms with Crippen molar-refractivity contribution in [1.29, 1.82) is 0 Å². The van der Waals surface area contributed by atoms with Gasteiger partial charge in [-0.05, 0) is 80.8 Å². The molecular weight excluding hydrogens is 298 g/mol. The van der Waals surface area contributed by atoms with Crippen molar-refractivity contribution in [3.63, 3.8) is 0 Å². The summed E-state index contributed by atoms with van der Waals surface area (Å²) in [5.74, 6) is 2.71. The second-order valence-corrected chi connectivity index (χ2v) is 9.02. The first kappa shape index (κ1) is 16.1. The van der Waals surface area contributed by atoms with E-state index in [2.05, 4.69) is 25.1 Å². The minimum Gasteiger partial charge on any atom is -0.411 e. The molecular formula is C21H29NO2. The highest BCUT2D eigenvalue weighted by atomic mass is 16.4. The average molecular weight is 327 g/mol. The van der Waals surface area contributed by atoms with Crippen LogP contribution < -0.4 is 0 Å². The molecule has 4 aliphatic carbocycles. The highest BCUT2D eigenvalue weighted by molar-refractivity contribution is 6.01. The number of fused-ring (bicyclic) bond motifs is 5. The lowest BCUT2D eigenvalue weighted by atomic mass is 9.47. The average Bonchev–Trinajstić information content (AvgIpc) is 2.92. The summed E-state index contributed by atoms with van der Waals surface area (Å²) in [5, 5.41) is 12.8. The Morgan fingerprint density at radius 2 is 2.00 bits per heavy atom. The molecule has 24 heavy (non-hydrogen) atoms. The quantitative estimate of drug-likeness (QED) is 0.429. The van der Waals surface area contributed by atoms with E-state index in [0.717, 1.165) is 30.4 Å². The fourth-order valence-electron chi connectivity index (χ4n) is 6.95. The fraction of sp³-hybridized carbons (Fsp3) is 0.714. The molecule has 3 heteroatoms. The Labute approximate surface area is 144 Å². The van der Waals surface area contributed by atoms with Crippen LogP contribution in [-0.2, 0) is 4.79 Å². The van der Waals surface area contributed by atoms with Crippen LogP contribution in [0, 0.1) is 34.5 Å². The van der Waals surface area contributed by atoms with E-state index in [-0.39, 0.29) is 16.6 Å². The van der Waals surface area contributed by atoms with Gasteiger partial charge in [0.25, 0.3) is 0 Å². The number of oxime groups is 1. The van der Waals surface area contributed by atoms with Crippen molar-refractivity contribution >= 4 is 11.5 Å². The molecule has 0 amide bonds. The molecule has 4 rings (SSSR count). The normalized spacial score (nSPS) is 47.7. The monoisotopic (exact) mass is 327 g/mol. The highest BCUT2D eigenvalue weighted by Gasteiger charge is 2.58. The number of ketones is 1. The smallest absolute Gasteiger partial charge is 0.178 e. The van der Waals surface area contributed by atoms with Crippen molar-refractivity contribution in [1.82, 2.24) is 0 Å². The van der Waals surface area contributed by atoms with Gasteiger partial charge in [-0.1, -0.05) is 30.7 Å². The zero-order valence-corrected chi connectivity index (χ0v) is 15.1. The van der Waals surface area contributed by atoms with Crippen molar-refractivity contribution < 1.29 is 10.0 Å². The Bertz CT molecular complexity index is 661. The van der Waals surface area contributed by atoms with E-state index in [0.29, 0.717) is 11.8 Å². The van der Waals surface area contributed by atoms with E-state index in [4.69, 9.17) is 0 Å². The molecule has 0 aromatic rings. The number of carbonyl (C=O) groups is 1. The van der Waals surface area contributed by atoms with Gasteiger partial charge in [0.15, 0.2) is 5.78 Å². The summed E-state index contributed by atoms with van der Waals surface area (Å²) in [6.07, 6.45) is 13.0. The van der Waals surface area contributed by atoms with E-state index >= 15 is 0 Å². The number of carbonyl (C=O) groups excluding carboxylic acids is 1. The van der Waals surface area contributed by atoms with Gasteiger partial charge < -0.3 is 5.21 Å². The molecule has 0 heterocycles. The van der Waals surface area contributed by atoms with Crippen molar-refractivity contribution in [2.75, 3.05) is 0 Å². The lowest BCUT2D eigenvalue weighted by molar-refractivity contribution is -0.111. The van der Waals surface area contributed by atoms with Crippen LogP contribution in [0.2, 0.25) is 0 Å². The second kappa shape index (κ2) is 5.31. The molecule has 0 aromatic heterocycles. The van der Waals surface area contributed by atoms with Gasteiger partial charge in [0.1, 0.15) is 0 Å². The maximum atomic E-state index is 11.8. The molecule has 0 aromatic carbocycles. The van der Waals surface area contributed by atoms with Crippen LogP contribution >= 0.6 is 0 Å². The first-order valence-corrected chi connectivity index (χ1v) is 9.53. The van der Waals surface area contributed by atoms with Crippen LogP contribution in [0.3, 0.4) is 0 Å². The topological polar surface area (TPSA) is 49.7 Å². The Hall–Kier alpha value is -1.38. The van der Waals surface area contributed by atoms with E-state index < -0.39 is 0 Å². The summed E-state index contributed by atoms with van der Waals surface area (Å²) in [6, 6.07) is 0. The van der Waals surface area contributed by atoms with Gasteiger partial charge in [0.2, 0.25) is 0 Å². The SMILES string of the molecule is CC(=NO)[C@H]1CC[C@H]2[C@@H]3CCC4=CC(=O)C=C[C@]4(C)[C@H]3CC[C@]12C. The third kappa shape index (κ3) is 2.02. The van der Waals surface area contributed by atoms with Gasteiger partial charge in [0.05, 0.1) is 5.71 Å². The third-order valence-electron chi connectivity index (χ3n) is 8.22. The molecule has 0 spiro atoms. The summed E-state index contributed by atoms with van der Waals surface area (Å²) in [7, 11) is 0. The molecule has 0 bridgehead atoms. The van der Waals surface area contributed by atoms with Crippen molar-refractivity contribution in [2.24, 2.45) is 39.7 Å². The molecule has 3 saturated carbocycles. The summed E-state index contributed by atoms with van der Waals surface area (Å²) < 4.78 is 0. The van der Waals surface area contributed by atoms with Crippen molar-refractivity contribution in [3.8, 4) is 0 Å². The summed E-state index contributed by atoms with van der Waals surface area (Å²) in [4.78, 5) is 11.8. The van der Waals surface area contributed by atoms with Gasteiger partial charge in [0, 0.05) is 11.3 Å². The number of hydrogen-bond donors (Lipinski definition) is 1. The molecule has 0 aliphatic heterocycles. The van der Waals surface area contributed by atoms with Crippen LogP contribution in [-0.4, -0.2) is 16.7 Å². The van der Waals surface area contributed by atoms with Gasteiger partial charge in [-0.2, -0.15) is 0 Å². The number of nitrogens with zero attached hydrogens (tertiary/aromatic N) is 1. The summed E-state index contributed by atoms with van der Waals surface area (Å²) >= 11 is 0. The van der Waals surface area contributed by atoms with Crippen LogP contribution in [0.1, 0.15) is 59.3 Å². The highest BCUT2D eigenvalue weighted by Crippen LogP contribution is 2.66. The largest absolute Gasteiger partial charge is 0.411 e.